The number of aromatic nitrogens is 2. The van der Waals surface area contributed by atoms with E-state index in [9.17, 15) is 13.2 Å². The Bertz CT molecular complexity index is 1790. The second-order valence-electron chi connectivity index (χ2n) is 14.7. The van der Waals surface area contributed by atoms with Crippen molar-refractivity contribution in [2.45, 2.75) is 85.2 Å². The Kier molecular flexibility index (Phi) is 10.6. The number of carbonyl (C=O) groups is 1. The van der Waals surface area contributed by atoms with Gasteiger partial charge in [0.05, 0.1) is 47.9 Å². The van der Waals surface area contributed by atoms with Crippen molar-refractivity contribution in [1.82, 2.24) is 10.00 Å². The molecule has 1 aliphatic heterocycles. The lowest BCUT2D eigenvalue weighted by Crippen LogP contribution is -2.53. The van der Waals surface area contributed by atoms with Crippen LogP contribution >= 0.6 is 0 Å². The highest BCUT2D eigenvalue weighted by Gasteiger charge is 2.34. The fourth-order valence-corrected chi connectivity index (χ4v) is 6.64. The SMILES string of the molecule is COc1c(NC(=O)c2ccc(C)c(N(N)/C=C(\N)c3c[nH][n+](C4CCN(C(C)(C)C)CC4)c3C)c2)cc(C(C)(C)C)cc1NS(C)(=O)=O. The molecule has 1 aliphatic rings. The molecule has 0 atom stereocenters. The molecule has 13 heteroatoms. The summed E-state index contributed by atoms with van der Waals surface area (Å²) in [7, 11) is -2.19. The van der Waals surface area contributed by atoms with Crippen molar-refractivity contribution in [3.63, 3.8) is 0 Å². The van der Waals surface area contributed by atoms with Crippen LogP contribution in [0.2, 0.25) is 0 Å². The molecule has 12 nitrogen and oxygen atoms in total. The van der Waals surface area contributed by atoms with E-state index >= 15 is 0 Å². The number of piperidine rings is 1. The second kappa shape index (κ2) is 13.8. The van der Waals surface area contributed by atoms with Crippen molar-refractivity contribution in [1.29, 1.82) is 0 Å². The Balaban J connectivity index is 1.58. The van der Waals surface area contributed by atoms with Crippen molar-refractivity contribution in [2.24, 2.45) is 11.6 Å². The lowest BCUT2D eigenvalue weighted by atomic mass is 9.86. The number of nitrogens with two attached hydrogens (primary N) is 2. The second-order valence-corrected chi connectivity index (χ2v) is 16.5. The summed E-state index contributed by atoms with van der Waals surface area (Å²) < 4.78 is 34.5. The van der Waals surface area contributed by atoms with Gasteiger partial charge in [-0.05, 0) is 68.5 Å². The van der Waals surface area contributed by atoms with Crippen LogP contribution in [0.25, 0.3) is 5.70 Å². The Morgan fingerprint density at radius 1 is 1.08 bits per heavy atom. The molecule has 0 unspecified atom stereocenters. The van der Waals surface area contributed by atoms with Gasteiger partial charge in [0.25, 0.3) is 5.91 Å². The van der Waals surface area contributed by atoms with E-state index in [0.717, 1.165) is 54.6 Å². The summed E-state index contributed by atoms with van der Waals surface area (Å²) in [6.07, 6.45) is 6.73. The molecule has 0 saturated carbocycles. The maximum atomic E-state index is 13.6. The number of amides is 1. The van der Waals surface area contributed by atoms with Crippen molar-refractivity contribution in [3.05, 3.63) is 70.7 Å². The van der Waals surface area contributed by atoms with Crippen molar-refractivity contribution in [3.8, 4) is 5.75 Å². The molecular formula is C35H53N8O4S+. The smallest absolute Gasteiger partial charge is 0.255 e. The van der Waals surface area contributed by atoms with Crippen LogP contribution in [0, 0.1) is 13.8 Å². The van der Waals surface area contributed by atoms with E-state index in [1.807, 2.05) is 40.0 Å². The van der Waals surface area contributed by atoms with Crippen LogP contribution in [0.15, 0.2) is 42.7 Å². The van der Waals surface area contributed by atoms with Gasteiger partial charge in [-0.15, -0.1) is 4.68 Å². The fourth-order valence-electron chi connectivity index (χ4n) is 6.09. The molecule has 0 radical (unpaired) electrons. The average molecular weight is 682 g/mol. The zero-order valence-corrected chi connectivity index (χ0v) is 30.8. The highest BCUT2D eigenvalue weighted by Crippen LogP contribution is 2.39. The predicted octanol–water partition coefficient (Wildman–Crippen LogP) is 4.92. The van der Waals surface area contributed by atoms with Crippen LogP contribution in [0.3, 0.4) is 0 Å². The summed E-state index contributed by atoms with van der Waals surface area (Å²) in [6, 6.07) is 9.07. The largest absolute Gasteiger partial charge is 0.492 e. The number of rotatable bonds is 9. The molecular weight excluding hydrogens is 629 g/mol. The number of methoxy groups -OCH3 is 1. The third-order valence-electron chi connectivity index (χ3n) is 8.92. The number of aryl methyl sites for hydroxylation is 1. The van der Waals surface area contributed by atoms with Crippen LogP contribution in [0.1, 0.15) is 93.2 Å². The molecule has 0 spiro atoms. The maximum Gasteiger partial charge on any atom is 0.255 e. The van der Waals surface area contributed by atoms with Crippen molar-refractivity contribution >= 4 is 38.7 Å². The number of hydrazine groups is 1. The Labute approximate surface area is 285 Å². The van der Waals surface area contributed by atoms with Gasteiger partial charge in [-0.2, -0.15) is 5.10 Å². The van der Waals surface area contributed by atoms with Gasteiger partial charge in [-0.3, -0.25) is 19.4 Å². The minimum absolute atomic E-state index is 0.157. The summed E-state index contributed by atoms with van der Waals surface area (Å²) >= 11 is 0. The molecule has 48 heavy (non-hydrogen) atoms. The number of likely N-dealkylation sites (tertiary alicyclic amines) is 1. The number of benzene rings is 2. The van der Waals surface area contributed by atoms with Gasteiger partial charge < -0.3 is 15.8 Å². The van der Waals surface area contributed by atoms with E-state index in [4.69, 9.17) is 16.3 Å². The number of sulfonamides is 1. The maximum absolute atomic E-state index is 13.6. The third-order valence-corrected chi connectivity index (χ3v) is 9.51. The van der Waals surface area contributed by atoms with E-state index in [1.54, 1.807) is 30.5 Å². The van der Waals surface area contributed by atoms with Crippen LogP contribution < -0.4 is 36.0 Å². The molecule has 2 aromatic carbocycles. The zero-order chi connectivity index (χ0) is 35.8. The summed E-state index contributed by atoms with van der Waals surface area (Å²) in [5.74, 6) is 6.32. The van der Waals surface area contributed by atoms with Gasteiger partial charge >= 0.3 is 0 Å². The summed E-state index contributed by atoms with van der Waals surface area (Å²) in [5, 5.41) is 7.74. The van der Waals surface area contributed by atoms with E-state index < -0.39 is 15.9 Å². The minimum Gasteiger partial charge on any atom is -0.492 e. The molecule has 4 rings (SSSR count). The van der Waals surface area contributed by atoms with Crippen molar-refractivity contribution in [2.75, 3.05) is 41.5 Å². The first kappa shape index (κ1) is 36.8. The summed E-state index contributed by atoms with van der Waals surface area (Å²) in [4.78, 5) is 16.1. The van der Waals surface area contributed by atoms with Crippen LogP contribution in [-0.2, 0) is 15.4 Å². The van der Waals surface area contributed by atoms with E-state index in [-0.39, 0.29) is 22.4 Å². The number of nitrogens with one attached hydrogen (secondary N) is 3. The van der Waals surface area contributed by atoms with Crippen LogP contribution in [-0.4, -0.2) is 56.3 Å². The molecule has 2 heterocycles. The van der Waals surface area contributed by atoms with E-state index in [1.165, 1.54) is 12.1 Å². The van der Waals surface area contributed by atoms with E-state index in [2.05, 4.69) is 52.4 Å². The van der Waals surface area contributed by atoms with Gasteiger partial charge in [0.2, 0.25) is 15.7 Å². The number of hydrogen-bond acceptors (Lipinski definition) is 8. The van der Waals surface area contributed by atoms with Gasteiger partial charge in [-0.1, -0.05) is 26.8 Å². The van der Waals surface area contributed by atoms with Crippen LogP contribution in [0.4, 0.5) is 17.1 Å². The molecule has 0 aliphatic carbocycles. The first-order valence-electron chi connectivity index (χ1n) is 16.2. The lowest BCUT2D eigenvalue weighted by molar-refractivity contribution is -0.781. The monoisotopic (exact) mass is 681 g/mol. The summed E-state index contributed by atoms with van der Waals surface area (Å²) in [6.45, 7) is 18.8. The Hall–Kier alpha value is -4.07. The summed E-state index contributed by atoms with van der Waals surface area (Å²) in [5.41, 5.74) is 11.9. The number of nitrogens with zero attached hydrogens (tertiary/aromatic N) is 3. The Morgan fingerprint density at radius 3 is 2.27 bits per heavy atom. The highest BCUT2D eigenvalue weighted by molar-refractivity contribution is 7.92. The molecule has 262 valence electrons. The molecule has 1 saturated heterocycles. The number of hydrogen-bond donors (Lipinski definition) is 5. The average Bonchev–Trinajstić information content (AvgIpc) is 3.36. The van der Waals surface area contributed by atoms with Gasteiger partial charge in [-0.25, -0.2) is 14.3 Å². The normalized spacial score (nSPS) is 15.4. The lowest BCUT2D eigenvalue weighted by Gasteiger charge is -2.39. The molecule has 1 amide bonds. The zero-order valence-electron chi connectivity index (χ0n) is 30.0. The standard InChI is InChI=1S/C35H52N8O4S/c1-22-11-12-24(33(44)39-29-18-25(34(3,4)5)19-30(32(29)47-9)40-48(10,45)46)17-31(22)42(37)21-28(36)27-20-38-43(23(27)2)26-13-15-41(16-14-26)35(6,7)8/h11-12,17-21,26,40H,13-16,36-37H2,1-10H3,(H,39,44)/p+1/b28-21-. The molecule has 0 bridgehead atoms. The van der Waals surface area contributed by atoms with Crippen LogP contribution in [0.5, 0.6) is 5.75 Å². The predicted molar refractivity (Wildman–Crippen MR) is 193 cm³/mol. The number of aromatic amines is 1. The minimum atomic E-state index is -3.62. The number of ether oxygens (including phenoxy) is 1. The van der Waals surface area contributed by atoms with Gasteiger partial charge in [0.1, 0.15) is 0 Å². The quantitative estimate of drug-likeness (QED) is 0.121. The van der Waals surface area contributed by atoms with Gasteiger partial charge in [0, 0.05) is 50.2 Å². The topological polar surface area (TPSA) is 163 Å². The molecule has 7 N–H and O–H groups in total. The molecule has 3 aromatic rings. The molecule has 1 aromatic heterocycles. The highest BCUT2D eigenvalue weighted by atomic mass is 32.2. The first-order valence-corrected chi connectivity index (χ1v) is 18.1. The van der Waals surface area contributed by atoms with Gasteiger partial charge in [0.15, 0.2) is 11.8 Å². The van der Waals surface area contributed by atoms with Crippen molar-refractivity contribution < 1.29 is 22.6 Å². The van der Waals surface area contributed by atoms with E-state index in [0.29, 0.717) is 28.7 Å². The Morgan fingerprint density at radius 2 is 1.71 bits per heavy atom. The first-order chi connectivity index (χ1) is 22.2. The molecule has 1 fully saturated rings. The fraction of sp³-hybridized carbons (Fsp3) is 0.486. The third kappa shape index (κ3) is 8.50. The number of anilines is 3. The number of carbonyl (C=O) groups excluding carboxylic acids is 1. The number of H-pyrrole nitrogens is 1.